The molecule has 0 aliphatic carbocycles. The van der Waals surface area contributed by atoms with Crippen molar-refractivity contribution in [2.75, 3.05) is 0 Å². The molecule has 1 fully saturated rings. The van der Waals surface area contributed by atoms with Gasteiger partial charge in [-0.3, -0.25) is 10.2 Å². The minimum Gasteiger partial charge on any atom is -0.315 e. The monoisotopic (exact) mass is 128 g/mol. The highest BCUT2D eigenvalue weighted by Crippen LogP contribution is 2.17. The van der Waals surface area contributed by atoms with Crippen LogP contribution in [-0.2, 0) is 4.79 Å². The van der Waals surface area contributed by atoms with Crippen molar-refractivity contribution in [3.63, 3.8) is 0 Å². The number of carbonyl (C=O) groups excluding carboxylic acids is 1. The van der Waals surface area contributed by atoms with Crippen LogP contribution in [0.25, 0.3) is 0 Å². The summed E-state index contributed by atoms with van der Waals surface area (Å²) in [6.45, 7) is 3.45. The first kappa shape index (κ1) is 5.37. The molecule has 4 heteroatoms. The number of thioether (sulfide) groups is 1. The van der Waals surface area contributed by atoms with Gasteiger partial charge in [-0.25, -0.2) is 0 Å². The Morgan fingerprint density at radius 3 is 2.50 bits per heavy atom. The summed E-state index contributed by atoms with van der Waals surface area (Å²) in [4.78, 5) is 10.4. The van der Waals surface area contributed by atoms with Crippen molar-refractivity contribution < 1.29 is 4.79 Å². The fraction of sp³-hybridized carbons (Fsp3) is 0. The lowest BCUT2D eigenvalue weighted by atomic mass is 10.7. The van der Waals surface area contributed by atoms with E-state index >= 15 is 0 Å². The SMILES string of the molecule is C=C1NC(=O)C(=N)S1. The lowest BCUT2D eigenvalue weighted by Gasteiger charge is -1.83. The Balaban J connectivity index is 2.79. The van der Waals surface area contributed by atoms with E-state index in [1.54, 1.807) is 0 Å². The molecule has 8 heavy (non-hydrogen) atoms. The number of rotatable bonds is 0. The van der Waals surface area contributed by atoms with Gasteiger partial charge in [0.2, 0.25) is 0 Å². The van der Waals surface area contributed by atoms with E-state index in [2.05, 4.69) is 11.9 Å². The maximum atomic E-state index is 10.4. The van der Waals surface area contributed by atoms with E-state index in [9.17, 15) is 4.79 Å². The van der Waals surface area contributed by atoms with E-state index in [0.717, 1.165) is 11.8 Å². The summed E-state index contributed by atoms with van der Waals surface area (Å²) < 4.78 is 0. The Hall–Kier alpha value is -0.770. The van der Waals surface area contributed by atoms with E-state index in [-0.39, 0.29) is 11.0 Å². The van der Waals surface area contributed by atoms with Gasteiger partial charge in [-0.2, -0.15) is 0 Å². The van der Waals surface area contributed by atoms with Crippen LogP contribution in [0.2, 0.25) is 0 Å². The number of nitrogens with one attached hydrogen (secondary N) is 2. The van der Waals surface area contributed by atoms with Crippen molar-refractivity contribution >= 4 is 22.7 Å². The van der Waals surface area contributed by atoms with E-state index in [4.69, 9.17) is 5.41 Å². The molecular formula is C4H4N2OS. The van der Waals surface area contributed by atoms with Gasteiger partial charge in [0.1, 0.15) is 0 Å². The Kier molecular flexibility index (Phi) is 1.09. The second-order valence-corrected chi connectivity index (χ2v) is 2.41. The molecule has 1 aliphatic rings. The van der Waals surface area contributed by atoms with Gasteiger partial charge in [-0.15, -0.1) is 0 Å². The summed E-state index contributed by atoms with van der Waals surface area (Å²) in [5, 5.41) is 9.81. The predicted octanol–water partition coefficient (Wildman–Crippen LogP) is 0.298. The molecule has 0 aromatic heterocycles. The molecule has 1 saturated heterocycles. The molecule has 1 rings (SSSR count). The van der Waals surface area contributed by atoms with Gasteiger partial charge in [0.25, 0.3) is 5.91 Å². The van der Waals surface area contributed by atoms with Crippen LogP contribution in [-0.4, -0.2) is 11.0 Å². The number of amides is 1. The van der Waals surface area contributed by atoms with Crippen LogP contribution in [0.5, 0.6) is 0 Å². The Morgan fingerprint density at radius 1 is 1.75 bits per heavy atom. The maximum absolute atomic E-state index is 10.4. The molecule has 0 saturated carbocycles. The lowest BCUT2D eigenvalue weighted by Crippen LogP contribution is -2.16. The van der Waals surface area contributed by atoms with E-state index in [1.165, 1.54) is 0 Å². The molecule has 42 valence electrons. The number of hydrogen-bond donors (Lipinski definition) is 2. The lowest BCUT2D eigenvalue weighted by molar-refractivity contribution is -0.113. The number of carbonyl (C=O) groups is 1. The third kappa shape index (κ3) is 0.742. The first-order valence-corrected chi connectivity index (χ1v) is 2.78. The third-order valence-electron chi connectivity index (χ3n) is 0.684. The Morgan fingerprint density at radius 2 is 2.38 bits per heavy atom. The van der Waals surface area contributed by atoms with E-state index < -0.39 is 0 Å². The summed E-state index contributed by atoms with van der Waals surface area (Å²) in [7, 11) is 0. The molecule has 1 aliphatic heterocycles. The summed E-state index contributed by atoms with van der Waals surface area (Å²) in [6.07, 6.45) is 0. The van der Waals surface area contributed by atoms with Crippen LogP contribution in [0, 0.1) is 5.41 Å². The molecular weight excluding hydrogens is 124 g/mol. The largest absolute Gasteiger partial charge is 0.315 e. The standard InChI is InChI=1S/C4H4N2OS/c1-2-6-4(7)3(5)8-2/h5H,1H2,(H,6,7). The van der Waals surface area contributed by atoms with Gasteiger partial charge in [-0.1, -0.05) is 6.58 Å². The van der Waals surface area contributed by atoms with Crippen LogP contribution < -0.4 is 5.32 Å². The Bertz CT molecular complexity index is 157. The second-order valence-electron chi connectivity index (χ2n) is 1.31. The van der Waals surface area contributed by atoms with Crippen molar-refractivity contribution in [2.24, 2.45) is 0 Å². The molecule has 1 amide bonds. The highest BCUT2D eigenvalue weighted by molar-refractivity contribution is 8.19. The summed E-state index contributed by atoms with van der Waals surface area (Å²) in [5.41, 5.74) is 0. The average Bonchev–Trinajstić information content (AvgIpc) is 1.85. The van der Waals surface area contributed by atoms with Crippen molar-refractivity contribution in [3.05, 3.63) is 11.6 Å². The fourth-order valence-corrected chi connectivity index (χ4v) is 0.912. The molecule has 0 aromatic rings. The topological polar surface area (TPSA) is 53.0 Å². The van der Waals surface area contributed by atoms with Crippen molar-refractivity contribution in [1.29, 1.82) is 5.41 Å². The van der Waals surface area contributed by atoms with Gasteiger partial charge < -0.3 is 5.32 Å². The quantitative estimate of drug-likeness (QED) is 0.493. The van der Waals surface area contributed by atoms with Crippen LogP contribution in [0.1, 0.15) is 0 Å². The molecule has 2 N–H and O–H groups in total. The first-order chi connectivity index (χ1) is 3.70. The highest BCUT2D eigenvalue weighted by Gasteiger charge is 2.19. The molecule has 0 bridgehead atoms. The zero-order valence-corrected chi connectivity index (χ0v) is 4.84. The second kappa shape index (κ2) is 1.63. The highest BCUT2D eigenvalue weighted by atomic mass is 32.2. The maximum Gasteiger partial charge on any atom is 0.280 e. The van der Waals surface area contributed by atoms with Crippen molar-refractivity contribution in [2.45, 2.75) is 0 Å². The summed E-state index contributed by atoms with van der Waals surface area (Å²) in [6, 6.07) is 0. The smallest absolute Gasteiger partial charge is 0.280 e. The number of hydrogen-bond acceptors (Lipinski definition) is 3. The molecule has 0 unspecified atom stereocenters. The molecule has 0 aromatic carbocycles. The zero-order valence-electron chi connectivity index (χ0n) is 4.02. The Labute approximate surface area is 50.7 Å². The van der Waals surface area contributed by atoms with Gasteiger partial charge in [0, 0.05) is 0 Å². The van der Waals surface area contributed by atoms with Crippen LogP contribution in [0.3, 0.4) is 0 Å². The minimum atomic E-state index is -0.347. The molecule has 0 radical (unpaired) electrons. The molecule has 1 heterocycles. The summed E-state index contributed by atoms with van der Waals surface area (Å²) >= 11 is 1.06. The molecule has 3 nitrogen and oxygen atoms in total. The summed E-state index contributed by atoms with van der Waals surface area (Å²) in [5.74, 6) is -0.347. The van der Waals surface area contributed by atoms with Crippen molar-refractivity contribution in [3.8, 4) is 0 Å². The molecule has 0 spiro atoms. The van der Waals surface area contributed by atoms with Crippen LogP contribution >= 0.6 is 11.8 Å². The fourth-order valence-electron chi connectivity index (χ4n) is 0.378. The van der Waals surface area contributed by atoms with Gasteiger partial charge >= 0.3 is 0 Å². The van der Waals surface area contributed by atoms with Crippen LogP contribution in [0.4, 0.5) is 0 Å². The average molecular weight is 128 g/mol. The third-order valence-corrected chi connectivity index (χ3v) is 1.42. The van der Waals surface area contributed by atoms with Crippen LogP contribution in [0.15, 0.2) is 11.6 Å². The van der Waals surface area contributed by atoms with E-state index in [0.29, 0.717) is 5.03 Å². The molecule has 0 atom stereocenters. The normalized spacial score (nSPS) is 19.2. The van der Waals surface area contributed by atoms with Gasteiger partial charge in [-0.05, 0) is 11.8 Å². The first-order valence-electron chi connectivity index (χ1n) is 1.97. The van der Waals surface area contributed by atoms with Gasteiger partial charge in [0.15, 0.2) is 5.04 Å². The zero-order chi connectivity index (χ0) is 6.15. The van der Waals surface area contributed by atoms with Gasteiger partial charge in [0.05, 0.1) is 5.03 Å². The van der Waals surface area contributed by atoms with Crippen molar-refractivity contribution in [1.82, 2.24) is 5.32 Å². The minimum absolute atomic E-state index is 0.0231. The predicted molar refractivity (Wildman–Crippen MR) is 32.6 cm³/mol. The van der Waals surface area contributed by atoms with E-state index in [1.807, 2.05) is 0 Å².